The first-order valence-corrected chi connectivity index (χ1v) is 9.87. The normalized spacial score (nSPS) is 16.4. The Morgan fingerprint density at radius 1 is 0.929 bits per heavy atom. The van der Waals surface area contributed by atoms with E-state index >= 15 is 0 Å². The molecule has 1 fully saturated rings. The van der Waals surface area contributed by atoms with Crippen LogP contribution in [-0.2, 0) is 4.79 Å². The number of carbonyl (C=O) groups excluding carboxylic acids is 2. The van der Waals surface area contributed by atoms with Crippen molar-refractivity contribution in [2.75, 3.05) is 5.32 Å². The Kier molecular flexibility index (Phi) is 4.84. The fourth-order valence-electron chi connectivity index (χ4n) is 3.80. The number of nitrogens with one attached hydrogen (secondary N) is 1. The topological polar surface area (TPSA) is 64.6 Å². The molecule has 1 amide bonds. The van der Waals surface area contributed by atoms with Crippen LogP contribution < -0.4 is 14.8 Å². The highest BCUT2D eigenvalue weighted by atomic mass is 16.7. The molecule has 146 valence electrons. The van der Waals surface area contributed by atoms with Gasteiger partial charge in [-0.1, -0.05) is 12.1 Å². The average Bonchev–Trinajstić information content (AvgIpc) is 3.27. The van der Waals surface area contributed by atoms with E-state index in [-0.39, 0.29) is 24.5 Å². The molecule has 5 heteroatoms. The molecule has 4 rings (SSSR count). The zero-order chi connectivity index (χ0) is 19.7. The predicted molar refractivity (Wildman–Crippen MR) is 107 cm³/mol. The fourth-order valence-corrected chi connectivity index (χ4v) is 3.80. The first-order valence-electron chi connectivity index (χ1n) is 9.87. The molecule has 0 saturated heterocycles. The molecule has 1 heterocycles. The van der Waals surface area contributed by atoms with Gasteiger partial charge in [0.05, 0.1) is 0 Å². The monoisotopic (exact) mass is 379 g/mol. The van der Waals surface area contributed by atoms with Gasteiger partial charge in [0.25, 0.3) is 5.79 Å². The van der Waals surface area contributed by atoms with Crippen LogP contribution in [0.15, 0.2) is 36.4 Å². The lowest BCUT2D eigenvalue weighted by Crippen LogP contribution is -2.34. The van der Waals surface area contributed by atoms with Gasteiger partial charge in [0.2, 0.25) is 5.91 Å². The summed E-state index contributed by atoms with van der Waals surface area (Å²) in [5, 5.41) is 2.85. The van der Waals surface area contributed by atoms with Crippen LogP contribution >= 0.6 is 0 Å². The van der Waals surface area contributed by atoms with Gasteiger partial charge in [0.15, 0.2) is 17.3 Å². The van der Waals surface area contributed by atoms with Crippen LogP contribution in [0, 0.1) is 13.8 Å². The van der Waals surface area contributed by atoms with Gasteiger partial charge in [-0.15, -0.1) is 0 Å². The summed E-state index contributed by atoms with van der Waals surface area (Å²) in [4.78, 5) is 24.6. The molecule has 1 spiro atoms. The van der Waals surface area contributed by atoms with Crippen LogP contribution in [0.25, 0.3) is 0 Å². The maximum absolute atomic E-state index is 12.3. The van der Waals surface area contributed by atoms with Crippen molar-refractivity contribution in [3.63, 3.8) is 0 Å². The third-order valence-corrected chi connectivity index (χ3v) is 5.59. The standard InChI is InChI=1S/C23H25NO4/c1-15-5-6-17(13-16(15)2)19(25)8-10-22(26)24-18-7-9-20-21(14-18)28-23(27-20)11-3-4-12-23/h5-7,9,13-14H,3-4,8,10-12H2,1-2H3,(H,24,26). The van der Waals surface area contributed by atoms with Crippen LogP contribution in [0.5, 0.6) is 11.5 Å². The number of ketones is 1. The Bertz CT molecular complexity index is 928. The lowest BCUT2D eigenvalue weighted by atomic mass is 10.0. The van der Waals surface area contributed by atoms with E-state index in [1.807, 2.05) is 38.1 Å². The Morgan fingerprint density at radius 3 is 2.43 bits per heavy atom. The SMILES string of the molecule is Cc1ccc(C(=O)CCC(=O)Nc2ccc3c(c2)OC2(CCCC2)O3)cc1C. The van der Waals surface area contributed by atoms with Crippen molar-refractivity contribution in [3.8, 4) is 11.5 Å². The van der Waals surface area contributed by atoms with Gasteiger partial charge in [-0.2, -0.15) is 0 Å². The molecule has 0 radical (unpaired) electrons. The number of benzene rings is 2. The molecule has 0 unspecified atom stereocenters. The number of aryl methyl sites for hydroxylation is 2. The van der Waals surface area contributed by atoms with Gasteiger partial charge >= 0.3 is 0 Å². The minimum absolute atomic E-state index is 0.0212. The van der Waals surface area contributed by atoms with Crippen molar-refractivity contribution in [3.05, 3.63) is 53.1 Å². The number of fused-ring (bicyclic) bond motifs is 1. The minimum Gasteiger partial charge on any atom is -0.448 e. The van der Waals surface area contributed by atoms with Crippen molar-refractivity contribution in [2.45, 2.75) is 58.2 Å². The van der Waals surface area contributed by atoms with Crippen molar-refractivity contribution in [1.82, 2.24) is 0 Å². The first-order chi connectivity index (χ1) is 13.4. The highest BCUT2D eigenvalue weighted by Gasteiger charge is 2.44. The molecule has 0 aromatic heterocycles. The number of hydrogen-bond acceptors (Lipinski definition) is 4. The van der Waals surface area contributed by atoms with Gasteiger partial charge in [0, 0.05) is 43.0 Å². The highest BCUT2D eigenvalue weighted by molar-refractivity contribution is 6.00. The molecule has 1 N–H and O–H groups in total. The first kappa shape index (κ1) is 18.5. The van der Waals surface area contributed by atoms with E-state index in [1.165, 1.54) is 0 Å². The molecule has 1 aliphatic carbocycles. The van der Waals surface area contributed by atoms with Gasteiger partial charge in [-0.3, -0.25) is 9.59 Å². The lowest BCUT2D eigenvalue weighted by Gasteiger charge is -2.21. The third-order valence-electron chi connectivity index (χ3n) is 5.59. The van der Waals surface area contributed by atoms with Crippen LogP contribution in [-0.4, -0.2) is 17.5 Å². The van der Waals surface area contributed by atoms with Gasteiger partial charge < -0.3 is 14.8 Å². The molecule has 1 saturated carbocycles. The number of hydrogen-bond donors (Lipinski definition) is 1. The average molecular weight is 379 g/mol. The van der Waals surface area contributed by atoms with Crippen molar-refractivity contribution in [1.29, 1.82) is 0 Å². The second-order valence-corrected chi connectivity index (χ2v) is 7.75. The summed E-state index contributed by atoms with van der Waals surface area (Å²) in [5.74, 6) is 0.679. The van der Waals surface area contributed by atoms with Crippen LogP contribution in [0.3, 0.4) is 0 Å². The summed E-state index contributed by atoms with van der Waals surface area (Å²) in [6.07, 6.45) is 4.32. The number of rotatable bonds is 5. The molecule has 2 aliphatic rings. The molecule has 5 nitrogen and oxygen atoms in total. The largest absolute Gasteiger partial charge is 0.448 e. The molecule has 0 atom stereocenters. The number of Topliss-reactive ketones (excluding diaryl/α,β-unsaturated/α-hetero) is 1. The van der Waals surface area contributed by atoms with Crippen molar-refractivity contribution >= 4 is 17.4 Å². The maximum Gasteiger partial charge on any atom is 0.251 e. The van der Waals surface area contributed by atoms with E-state index in [4.69, 9.17) is 9.47 Å². The predicted octanol–water partition coefficient (Wildman–Crippen LogP) is 4.95. The molecule has 2 aromatic rings. The molecular weight excluding hydrogens is 354 g/mol. The van der Waals surface area contributed by atoms with Crippen LogP contribution in [0.1, 0.15) is 60.0 Å². The zero-order valence-electron chi connectivity index (χ0n) is 16.3. The quantitative estimate of drug-likeness (QED) is 0.747. The summed E-state index contributed by atoms with van der Waals surface area (Å²) >= 11 is 0. The number of amides is 1. The fraction of sp³-hybridized carbons (Fsp3) is 0.391. The Hall–Kier alpha value is -2.82. The third kappa shape index (κ3) is 3.75. The summed E-state index contributed by atoms with van der Waals surface area (Å²) < 4.78 is 12.0. The van der Waals surface area contributed by atoms with Gasteiger partial charge in [0.1, 0.15) is 0 Å². The van der Waals surface area contributed by atoms with E-state index in [2.05, 4.69) is 5.32 Å². The summed E-state index contributed by atoms with van der Waals surface area (Å²) in [6.45, 7) is 3.99. The summed E-state index contributed by atoms with van der Waals surface area (Å²) in [7, 11) is 0. The molecular formula is C23H25NO4. The Morgan fingerprint density at radius 2 is 1.68 bits per heavy atom. The second kappa shape index (κ2) is 7.30. The molecule has 1 aliphatic heterocycles. The highest BCUT2D eigenvalue weighted by Crippen LogP contribution is 2.47. The second-order valence-electron chi connectivity index (χ2n) is 7.75. The van der Waals surface area contributed by atoms with E-state index in [9.17, 15) is 9.59 Å². The van der Waals surface area contributed by atoms with Crippen LogP contribution in [0.2, 0.25) is 0 Å². The van der Waals surface area contributed by atoms with E-state index in [1.54, 1.807) is 12.1 Å². The molecule has 2 aromatic carbocycles. The molecule has 28 heavy (non-hydrogen) atoms. The Labute approximate surface area is 165 Å². The minimum atomic E-state index is -0.510. The molecule has 0 bridgehead atoms. The summed E-state index contributed by atoms with van der Waals surface area (Å²) in [6, 6.07) is 11.1. The number of anilines is 1. The van der Waals surface area contributed by atoms with E-state index in [0.29, 0.717) is 17.0 Å². The van der Waals surface area contributed by atoms with Gasteiger partial charge in [-0.05, 0) is 56.0 Å². The van der Waals surface area contributed by atoms with Crippen molar-refractivity contribution < 1.29 is 19.1 Å². The zero-order valence-corrected chi connectivity index (χ0v) is 16.3. The van der Waals surface area contributed by atoms with Gasteiger partial charge in [-0.25, -0.2) is 0 Å². The number of ether oxygens (including phenoxy) is 2. The Balaban J connectivity index is 1.33. The van der Waals surface area contributed by atoms with Crippen LogP contribution in [0.4, 0.5) is 5.69 Å². The van der Waals surface area contributed by atoms with E-state index in [0.717, 1.165) is 42.6 Å². The van der Waals surface area contributed by atoms with E-state index < -0.39 is 5.79 Å². The maximum atomic E-state index is 12.3. The number of carbonyl (C=O) groups is 2. The summed E-state index contributed by atoms with van der Waals surface area (Å²) in [5.41, 5.74) is 3.54. The smallest absolute Gasteiger partial charge is 0.251 e. The van der Waals surface area contributed by atoms with Crippen molar-refractivity contribution in [2.24, 2.45) is 0 Å². The lowest BCUT2D eigenvalue weighted by molar-refractivity contribution is -0.116.